The number of aryl methyl sites for hydroxylation is 1. The predicted molar refractivity (Wildman–Crippen MR) is 117 cm³/mol. The first kappa shape index (κ1) is 25.0. The van der Waals surface area contributed by atoms with Crippen LogP contribution in [0, 0.1) is 6.92 Å². The van der Waals surface area contributed by atoms with Gasteiger partial charge in [-0.2, -0.15) is 4.72 Å². The van der Waals surface area contributed by atoms with Crippen molar-refractivity contribution in [1.82, 2.24) is 13.9 Å². The zero-order valence-electron chi connectivity index (χ0n) is 18.2. The van der Waals surface area contributed by atoms with Crippen LogP contribution in [-0.2, 0) is 33.1 Å². The number of carbonyl (C=O) groups excluding carboxylic acids is 2. The SMILES string of the molecule is CCCn1c(N)c(C(=O)COC(=O)[C@H](C)NS(=O)(=O)c2ccc(C)cc2)c(=O)n(C)c1=O. The molecule has 0 spiro atoms. The first-order chi connectivity index (χ1) is 14.9. The Morgan fingerprint density at radius 2 is 1.78 bits per heavy atom. The molecule has 1 aromatic carbocycles. The summed E-state index contributed by atoms with van der Waals surface area (Å²) >= 11 is 0. The van der Waals surface area contributed by atoms with E-state index in [9.17, 15) is 27.6 Å². The number of Topliss-reactive ketones (excluding diaryl/α,β-unsaturated/α-hetero) is 1. The molecular weight excluding hydrogens is 440 g/mol. The molecule has 0 saturated carbocycles. The van der Waals surface area contributed by atoms with Gasteiger partial charge >= 0.3 is 11.7 Å². The summed E-state index contributed by atoms with van der Waals surface area (Å²) in [5, 5.41) is 0. The lowest BCUT2D eigenvalue weighted by Crippen LogP contribution is -2.43. The summed E-state index contributed by atoms with van der Waals surface area (Å²) < 4.78 is 33.7. The zero-order chi connectivity index (χ0) is 24.2. The minimum absolute atomic E-state index is 0.0340. The van der Waals surface area contributed by atoms with Gasteiger partial charge in [0, 0.05) is 13.6 Å². The molecule has 0 radical (unpaired) electrons. The zero-order valence-corrected chi connectivity index (χ0v) is 19.1. The van der Waals surface area contributed by atoms with Crippen molar-refractivity contribution in [3.05, 3.63) is 56.2 Å². The molecule has 32 heavy (non-hydrogen) atoms. The Morgan fingerprint density at radius 1 is 1.19 bits per heavy atom. The molecular formula is C20H26N4O7S. The number of hydrogen-bond donors (Lipinski definition) is 2. The van der Waals surface area contributed by atoms with Crippen molar-refractivity contribution < 1.29 is 22.7 Å². The second-order valence-corrected chi connectivity index (χ2v) is 8.96. The van der Waals surface area contributed by atoms with Gasteiger partial charge in [0.25, 0.3) is 5.56 Å². The van der Waals surface area contributed by atoms with Gasteiger partial charge in [-0.1, -0.05) is 24.6 Å². The number of nitrogens with zero attached hydrogens (tertiary/aromatic N) is 2. The number of carbonyl (C=O) groups is 2. The summed E-state index contributed by atoms with van der Waals surface area (Å²) in [6, 6.07) is 4.70. The fraction of sp³-hybridized carbons (Fsp3) is 0.400. The fourth-order valence-corrected chi connectivity index (χ4v) is 4.08. The van der Waals surface area contributed by atoms with Crippen molar-refractivity contribution in [3.63, 3.8) is 0 Å². The first-order valence-electron chi connectivity index (χ1n) is 9.78. The molecule has 174 valence electrons. The molecule has 0 aliphatic carbocycles. The van der Waals surface area contributed by atoms with E-state index in [-0.39, 0.29) is 17.3 Å². The van der Waals surface area contributed by atoms with E-state index in [0.29, 0.717) is 6.42 Å². The van der Waals surface area contributed by atoms with E-state index < -0.39 is 51.2 Å². The maximum atomic E-state index is 12.5. The Bertz CT molecular complexity index is 1240. The van der Waals surface area contributed by atoms with Crippen molar-refractivity contribution in [3.8, 4) is 0 Å². The molecule has 0 aliphatic heterocycles. The number of nitrogen functional groups attached to an aromatic ring is 1. The van der Waals surface area contributed by atoms with Crippen molar-refractivity contribution in [2.45, 2.75) is 44.7 Å². The summed E-state index contributed by atoms with van der Waals surface area (Å²) in [5.74, 6) is -2.24. The largest absolute Gasteiger partial charge is 0.456 e. The van der Waals surface area contributed by atoms with Crippen LogP contribution in [0.1, 0.15) is 36.2 Å². The number of hydrogen-bond acceptors (Lipinski definition) is 8. The molecule has 1 aromatic heterocycles. The number of aromatic nitrogens is 2. The van der Waals surface area contributed by atoms with E-state index in [1.165, 1.54) is 26.1 Å². The predicted octanol–water partition coefficient (Wildman–Crippen LogP) is -0.0595. The van der Waals surface area contributed by atoms with Gasteiger partial charge in [0.05, 0.1) is 4.90 Å². The average molecular weight is 467 g/mol. The molecule has 3 N–H and O–H groups in total. The standard InChI is InChI=1S/C20H26N4O7S/c1-5-10-24-17(21)16(18(26)23(4)20(24)28)15(25)11-31-19(27)13(3)22-32(29,30)14-8-6-12(2)7-9-14/h6-9,13,22H,5,10-11,21H2,1-4H3/t13-/m0/s1. The van der Waals surface area contributed by atoms with Crippen molar-refractivity contribution in [2.75, 3.05) is 12.3 Å². The lowest BCUT2D eigenvalue weighted by molar-refractivity contribution is -0.144. The van der Waals surface area contributed by atoms with Gasteiger partial charge in [0.1, 0.15) is 17.4 Å². The Balaban J connectivity index is 2.14. The number of rotatable bonds is 9. The monoisotopic (exact) mass is 466 g/mol. The van der Waals surface area contributed by atoms with Crippen molar-refractivity contribution >= 4 is 27.6 Å². The fourth-order valence-electron chi connectivity index (χ4n) is 2.89. The Hall–Kier alpha value is -3.25. The molecule has 0 saturated heterocycles. The lowest BCUT2D eigenvalue weighted by Gasteiger charge is -2.15. The summed E-state index contributed by atoms with van der Waals surface area (Å²) in [4.78, 5) is 49.3. The second-order valence-electron chi connectivity index (χ2n) is 7.25. The molecule has 0 aliphatic rings. The third kappa shape index (κ3) is 5.32. The number of nitrogens with two attached hydrogens (primary N) is 1. The second kappa shape index (κ2) is 9.92. The number of sulfonamides is 1. The van der Waals surface area contributed by atoms with Crippen LogP contribution in [0.4, 0.5) is 5.82 Å². The number of ketones is 1. The number of anilines is 1. The van der Waals surface area contributed by atoms with Crippen LogP contribution in [0.15, 0.2) is 38.8 Å². The summed E-state index contributed by atoms with van der Waals surface area (Å²) in [6.07, 6.45) is 0.531. The maximum absolute atomic E-state index is 12.5. The van der Waals surface area contributed by atoms with Crippen LogP contribution in [-0.4, -0.2) is 42.0 Å². The highest BCUT2D eigenvalue weighted by Gasteiger charge is 2.26. The van der Waals surface area contributed by atoms with Gasteiger partial charge in [-0.15, -0.1) is 0 Å². The van der Waals surface area contributed by atoms with E-state index in [0.717, 1.165) is 14.7 Å². The van der Waals surface area contributed by atoms with Gasteiger partial charge in [0.15, 0.2) is 6.61 Å². The minimum Gasteiger partial charge on any atom is -0.456 e. The van der Waals surface area contributed by atoms with E-state index in [2.05, 4.69) is 4.72 Å². The van der Waals surface area contributed by atoms with Crippen LogP contribution in [0.5, 0.6) is 0 Å². The molecule has 1 heterocycles. The minimum atomic E-state index is -3.99. The van der Waals surface area contributed by atoms with E-state index in [4.69, 9.17) is 10.5 Å². The highest BCUT2D eigenvalue weighted by Crippen LogP contribution is 2.11. The topological polar surface area (TPSA) is 160 Å². The first-order valence-corrected chi connectivity index (χ1v) is 11.3. The van der Waals surface area contributed by atoms with Crippen LogP contribution >= 0.6 is 0 Å². The number of benzene rings is 1. The molecule has 0 amide bonds. The molecule has 0 bridgehead atoms. The molecule has 0 fully saturated rings. The quantitative estimate of drug-likeness (QED) is 0.384. The Morgan fingerprint density at radius 3 is 2.34 bits per heavy atom. The van der Waals surface area contributed by atoms with Gasteiger partial charge in [-0.05, 0) is 32.4 Å². The lowest BCUT2D eigenvalue weighted by atomic mass is 10.2. The average Bonchev–Trinajstić information content (AvgIpc) is 2.73. The molecule has 2 aromatic rings. The summed E-state index contributed by atoms with van der Waals surface area (Å²) in [7, 11) is -2.79. The normalized spacial score (nSPS) is 12.4. The van der Waals surface area contributed by atoms with E-state index >= 15 is 0 Å². The third-order valence-electron chi connectivity index (χ3n) is 4.67. The highest BCUT2D eigenvalue weighted by molar-refractivity contribution is 7.89. The van der Waals surface area contributed by atoms with Crippen LogP contribution < -0.4 is 21.7 Å². The Labute approximate surface area is 184 Å². The van der Waals surface area contributed by atoms with Crippen LogP contribution in [0.2, 0.25) is 0 Å². The number of nitrogens with one attached hydrogen (secondary N) is 1. The number of ether oxygens (including phenoxy) is 1. The highest BCUT2D eigenvalue weighted by atomic mass is 32.2. The van der Waals surface area contributed by atoms with Gasteiger partial charge < -0.3 is 10.5 Å². The molecule has 0 unspecified atom stereocenters. The van der Waals surface area contributed by atoms with Gasteiger partial charge in [-0.25, -0.2) is 13.2 Å². The van der Waals surface area contributed by atoms with Crippen LogP contribution in [0.25, 0.3) is 0 Å². The van der Waals surface area contributed by atoms with E-state index in [1.54, 1.807) is 26.0 Å². The van der Waals surface area contributed by atoms with Crippen LogP contribution in [0.3, 0.4) is 0 Å². The molecule has 1 atom stereocenters. The maximum Gasteiger partial charge on any atom is 0.332 e. The van der Waals surface area contributed by atoms with Crippen molar-refractivity contribution in [1.29, 1.82) is 0 Å². The summed E-state index contributed by atoms with van der Waals surface area (Å²) in [6.45, 7) is 4.19. The van der Waals surface area contributed by atoms with Crippen molar-refractivity contribution in [2.24, 2.45) is 7.05 Å². The smallest absolute Gasteiger partial charge is 0.332 e. The summed E-state index contributed by atoms with van der Waals surface area (Å²) in [5.41, 5.74) is 4.68. The van der Waals surface area contributed by atoms with Gasteiger partial charge in [-0.3, -0.25) is 23.5 Å². The molecule has 11 nitrogen and oxygen atoms in total. The molecule has 12 heteroatoms. The Kier molecular flexibility index (Phi) is 7.75. The van der Waals surface area contributed by atoms with E-state index in [1.807, 2.05) is 0 Å². The number of esters is 1. The molecule has 2 rings (SSSR count). The van der Waals surface area contributed by atoms with Gasteiger partial charge in [0.2, 0.25) is 15.8 Å². The third-order valence-corrected chi connectivity index (χ3v) is 6.23.